The topological polar surface area (TPSA) is 140 Å². The number of aliphatic hydroxyl groups is 1. The van der Waals surface area contributed by atoms with Crippen LogP contribution < -0.4 is 30.3 Å². The summed E-state index contributed by atoms with van der Waals surface area (Å²) in [5.74, 6) is 0.963. The molecule has 13 heteroatoms. The van der Waals surface area contributed by atoms with Crippen molar-refractivity contribution in [3.63, 3.8) is 0 Å². The van der Waals surface area contributed by atoms with E-state index in [-0.39, 0.29) is 12.2 Å². The summed E-state index contributed by atoms with van der Waals surface area (Å²) >= 11 is 4.49. The molecular formula is C31H32I2N4O7. The van der Waals surface area contributed by atoms with Crippen molar-refractivity contribution in [1.29, 1.82) is 0 Å². The smallest absolute Gasteiger partial charge is 0.337 e. The largest absolute Gasteiger partial charge is 0.490 e. The summed E-state index contributed by atoms with van der Waals surface area (Å²) in [6, 6.07) is 17.7. The van der Waals surface area contributed by atoms with Gasteiger partial charge in [0.1, 0.15) is 19.0 Å². The maximum Gasteiger partial charge on any atom is 0.337 e. The van der Waals surface area contributed by atoms with Gasteiger partial charge in [0.15, 0.2) is 17.7 Å². The van der Waals surface area contributed by atoms with E-state index in [0.717, 1.165) is 20.4 Å². The van der Waals surface area contributed by atoms with E-state index >= 15 is 0 Å². The van der Waals surface area contributed by atoms with E-state index in [1.54, 1.807) is 31.3 Å². The number of urea groups is 1. The zero-order valence-corrected chi connectivity index (χ0v) is 28.5. The summed E-state index contributed by atoms with van der Waals surface area (Å²) in [7, 11) is 1.28. The number of halogens is 2. The average Bonchev–Trinajstić information content (AvgIpc) is 3.00. The average molecular weight is 826 g/mol. The molecule has 0 aromatic heterocycles. The molecule has 232 valence electrons. The van der Waals surface area contributed by atoms with E-state index in [1.165, 1.54) is 10.7 Å². The minimum atomic E-state index is -1.11. The first-order chi connectivity index (χ1) is 21.2. The lowest BCUT2D eigenvalue weighted by atomic mass is 9.95. The van der Waals surface area contributed by atoms with Crippen molar-refractivity contribution in [2.75, 3.05) is 20.3 Å². The van der Waals surface area contributed by atoms with Crippen molar-refractivity contribution in [2.45, 2.75) is 32.7 Å². The highest BCUT2D eigenvalue weighted by Crippen LogP contribution is 2.35. The first kappa shape index (κ1) is 33.3. The zero-order chi connectivity index (χ0) is 31.6. The Labute approximate surface area is 282 Å². The third kappa shape index (κ3) is 8.98. The predicted molar refractivity (Wildman–Crippen MR) is 182 cm³/mol. The number of methoxy groups -OCH3 is 1. The van der Waals surface area contributed by atoms with Gasteiger partial charge in [-0.15, -0.1) is 0 Å². The number of esters is 1. The number of hydrazone groups is 1. The molecule has 0 bridgehead atoms. The maximum atomic E-state index is 12.4. The van der Waals surface area contributed by atoms with Crippen molar-refractivity contribution in [1.82, 2.24) is 16.1 Å². The molecule has 0 unspecified atom stereocenters. The minimum Gasteiger partial charge on any atom is -0.490 e. The Morgan fingerprint density at radius 2 is 1.80 bits per heavy atom. The number of nitrogens with one attached hydrogen (secondary N) is 3. The van der Waals surface area contributed by atoms with Crippen LogP contribution in [0.2, 0.25) is 0 Å². The molecule has 0 saturated carbocycles. The molecule has 44 heavy (non-hydrogen) atoms. The van der Waals surface area contributed by atoms with Gasteiger partial charge in [0, 0.05) is 9.27 Å². The first-order valence-electron chi connectivity index (χ1n) is 13.6. The van der Waals surface area contributed by atoms with Gasteiger partial charge in [0.2, 0.25) is 0 Å². The Balaban J connectivity index is 1.34. The summed E-state index contributed by atoms with van der Waals surface area (Å²) in [4.78, 5) is 24.6. The molecule has 1 aliphatic heterocycles. The molecular weight excluding hydrogens is 794 g/mol. The van der Waals surface area contributed by atoms with Crippen LogP contribution in [0.15, 0.2) is 77.0 Å². The second kappa shape index (κ2) is 15.9. The van der Waals surface area contributed by atoms with Gasteiger partial charge in [-0.05, 0) is 118 Å². The number of hydrogen-bond donors (Lipinski definition) is 4. The van der Waals surface area contributed by atoms with Gasteiger partial charge in [0.05, 0.1) is 35.1 Å². The number of aliphatic hydroxyl groups excluding tert-OH is 1. The van der Waals surface area contributed by atoms with Gasteiger partial charge in [0.25, 0.3) is 0 Å². The molecule has 3 aromatic carbocycles. The number of carbonyl (C=O) groups excluding carboxylic acids is 2. The van der Waals surface area contributed by atoms with Crippen molar-refractivity contribution in [2.24, 2.45) is 5.10 Å². The fourth-order valence-corrected chi connectivity index (χ4v) is 5.33. The fraction of sp³-hybridized carbons (Fsp3) is 0.258. The Morgan fingerprint density at radius 3 is 2.50 bits per heavy atom. The van der Waals surface area contributed by atoms with Crippen LogP contribution in [-0.2, 0) is 16.1 Å². The van der Waals surface area contributed by atoms with Gasteiger partial charge in [-0.1, -0.05) is 18.2 Å². The third-order valence-corrected chi connectivity index (χ3v) is 7.93. The SMILES string of the molecule is CCOc1cc([C@H]2NC(=O)NC(C)=C2C(=O)OC)ccc1OC[C@H](O)N/N=C\c1ccc(OCc2ccc(I)cc2)c(I)c1. The Bertz CT molecular complexity index is 1550. The third-order valence-electron chi connectivity index (χ3n) is 6.37. The second-order valence-electron chi connectivity index (χ2n) is 9.52. The Hall–Kier alpha value is -3.57. The molecule has 2 amide bonds. The van der Waals surface area contributed by atoms with Crippen LogP contribution in [0.3, 0.4) is 0 Å². The summed E-state index contributed by atoms with van der Waals surface area (Å²) in [6.45, 7) is 4.14. The summed E-state index contributed by atoms with van der Waals surface area (Å²) in [5, 5.41) is 19.9. The van der Waals surface area contributed by atoms with Crippen LogP contribution in [0.4, 0.5) is 4.79 Å². The normalized spacial score (nSPS) is 15.3. The lowest BCUT2D eigenvalue weighted by Crippen LogP contribution is -2.45. The first-order valence-corrected chi connectivity index (χ1v) is 15.7. The number of hydrogen-bond acceptors (Lipinski definition) is 9. The lowest BCUT2D eigenvalue weighted by Gasteiger charge is -2.28. The van der Waals surface area contributed by atoms with Gasteiger partial charge >= 0.3 is 12.0 Å². The number of nitrogens with zero attached hydrogens (tertiary/aromatic N) is 1. The van der Waals surface area contributed by atoms with Crippen LogP contribution in [-0.4, -0.2) is 49.9 Å². The molecule has 1 heterocycles. The number of ether oxygens (including phenoxy) is 4. The second-order valence-corrected chi connectivity index (χ2v) is 11.9. The number of carbonyl (C=O) groups is 2. The summed E-state index contributed by atoms with van der Waals surface area (Å²) in [5.41, 5.74) is 5.84. The molecule has 1 aliphatic rings. The number of benzene rings is 3. The van der Waals surface area contributed by atoms with Gasteiger partial charge in [-0.3, -0.25) is 5.43 Å². The van der Waals surface area contributed by atoms with Crippen LogP contribution in [0.25, 0.3) is 0 Å². The molecule has 0 aliphatic carbocycles. The fourth-order valence-electron chi connectivity index (χ4n) is 4.28. The molecule has 4 N–H and O–H groups in total. The van der Waals surface area contributed by atoms with E-state index in [0.29, 0.717) is 36.0 Å². The van der Waals surface area contributed by atoms with Crippen LogP contribution in [0.5, 0.6) is 17.2 Å². The summed E-state index contributed by atoms with van der Waals surface area (Å²) in [6.07, 6.45) is 0.479. The highest BCUT2D eigenvalue weighted by molar-refractivity contribution is 14.1. The monoisotopic (exact) mass is 826 g/mol. The van der Waals surface area contributed by atoms with Gasteiger partial charge in [-0.25, -0.2) is 9.59 Å². The van der Waals surface area contributed by atoms with Crippen molar-refractivity contribution < 1.29 is 33.6 Å². The maximum absolute atomic E-state index is 12.4. The lowest BCUT2D eigenvalue weighted by molar-refractivity contribution is -0.136. The minimum absolute atomic E-state index is 0.129. The predicted octanol–water partition coefficient (Wildman–Crippen LogP) is 5.00. The highest BCUT2D eigenvalue weighted by Gasteiger charge is 2.32. The number of rotatable bonds is 13. The Morgan fingerprint density at radius 1 is 1.05 bits per heavy atom. The number of amides is 2. The molecule has 0 spiro atoms. The van der Waals surface area contributed by atoms with Gasteiger partial charge < -0.3 is 34.7 Å². The molecule has 3 aromatic rings. The van der Waals surface area contributed by atoms with Crippen LogP contribution in [0.1, 0.15) is 36.6 Å². The van der Waals surface area contributed by atoms with Crippen molar-refractivity contribution in [3.05, 3.63) is 95.8 Å². The molecule has 0 saturated heterocycles. The van der Waals surface area contributed by atoms with Crippen molar-refractivity contribution in [3.8, 4) is 17.2 Å². The molecule has 0 radical (unpaired) electrons. The quantitative estimate of drug-likeness (QED) is 0.0622. The van der Waals surface area contributed by atoms with Crippen LogP contribution in [0, 0.1) is 7.14 Å². The standard InChI is InChI=1S/C31H32I2N4O7/c1-4-42-26-14-21(29-28(30(39)41-3)18(2)35-31(40)36-29)8-12-25(26)44-17-27(38)37-34-15-20-7-11-24(23(33)13-20)43-16-19-5-9-22(32)10-6-19/h5-15,27,29,37-38H,4,16-17H2,1-3H3,(H2,35,36,40)/b34-15-/t27-,29+/m0/s1. The van der Waals surface area contributed by atoms with Gasteiger partial charge in [-0.2, -0.15) is 5.10 Å². The van der Waals surface area contributed by atoms with E-state index in [1.807, 2.05) is 49.4 Å². The van der Waals surface area contributed by atoms with E-state index < -0.39 is 24.3 Å². The Kier molecular flexibility index (Phi) is 12.1. The molecule has 0 fully saturated rings. The van der Waals surface area contributed by atoms with E-state index in [9.17, 15) is 14.7 Å². The van der Waals surface area contributed by atoms with E-state index in [4.69, 9.17) is 18.9 Å². The zero-order valence-electron chi connectivity index (χ0n) is 24.2. The summed E-state index contributed by atoms with van der Waals surface area (Å²) < 4.78 is 24.5. The van der Waals surface area contributed by atoms with Crippen molar-refractivity contribution >= 4 is 63.4 Å². The van der Waals surface area contributed by atoms with Crippen LogP contribution >= 0.6 is 45.2 Å². The van der Waals surface area contributed by atoms with E-state index in [2.05, 4.69) is 66.3 Å². The number of allylic oxidation sites excluding steroid dienone is 1. The molecule has 2 atom stereocenters. The molecule has 11 nitrogen and oxygen atoms in total. The highest BCUT2D eigenvalue weighted by atomic mass is 127. The molecule has 4 rings (SSSR count).